The van der Waals surface area contributed by atoms with Crippen molar-refractivity contribution in [2.24, 2.45) is 0 Å². The molecule has 0 aliphatic carbocycles. The van der Waals surface area contributed by atoms with Crippen molar-refractivity contribution < 1.29 is 8.42 Å². The van der Waals surface area contributed by atoms with Crippen molar-refractivity contribution in [2.75, 3.05) is 6.54 Å². The number of sulfonamides is 1. The van der Waals surface area contributed by atoms with E-state index in [9.17, 15) is 8.42 Å². The largest absolute Gasteiger partial charge is 0.243 e. The van der Waals surface area contributed by atoms with Crippen LogP contribution in [0.5, 0.6) is 0 Å². The van der Waals surface area contributed by atoms with E-state index in [1.807, 2.05) is 25.1 Å². The molecule has 3 nitrogen and oxygen atoms in total. The first-order valence-corrected chi connectivity index (χ1v) is 10.6. The van der Waals surface area contributed by atoms with Gasteiger partial charge in [0.25, 0.3) is 0 Å². The lowest BCUT2D eigenvalue weighted by Crippen LogP contribution is -2.34. The Kier molecular flexibility index (Phi) is 5.42. The Bertz CT molecular complexity index is 802. The summed E-state index contributed by atoms with van der Waals surface area (Å²) in [6, 6.07) is 15.1. The van der Waals surface area contributed by atoms with Crippen LogP contribution in [0.15, 0.2) is 57.9 Å². The zero-order chi connectivity index (χ0) is 17.2. The Morgan fingerprint density at radius 3 is 2.50 bits per heavy atom. The van der Waals surface area contributed by atoms with Crippen LogP contribution in [0.1, 0.15) is 42.9 Å². The van der Waals surface area contributed by atoms with Gasteiger partial charge < -0.3 is 0 Å². The molecule has 1 fully saturated rings. The van der Waals surface area contributed by atoms with Crippen LogP contribution >= 0.6 is 15.9 Å². The van der Waals surface area contributed by atoms with E-state index in [2.05, 4.69) is 22.0 Å². The smallest absolute Gasteiger partial charge is 0.207 e. The number of hydrogen-bond donors (Lipinski definition) is 0. The van der Waals surface area contributed by atoms with Gasteiger partial charge >= 0.3 is 0 Å². The molecular formula is C19H22BrNO2S. The molecule has 24 heavy (non-hydrogen) atoms. The van der Waals surface area contributed by atoms with Crippen molar-refractivity contribution in [3.8, 4) is 0 Å². The van der Waals surface area contributed by atoms with Crippen LogP contribution in [-0.4, -0.2) is 19.3 Å². The van der Waals surface area contributed by atoms with E-state index < -0.39 is 10.0 Å². The van der Waals surface area contributed by atoms with E-state index in [1.165, 1.54) is 0 Å². The minimum Gasteiger partial charge on any atom is -0.207 e. The quantitative estimate of drug-likeness (QED) is 0.712. The van der Waals surface area contributed by atoms with E-state index in [0.717, 1.165) is 41.3 Å². The number of benzene rings is 2. The van der Waals surface area contributed by atoms with E-state index in [0.29, 0.717) is 11.4 Å². The number of halogens is 1. The van der Waals surface area contributed by atoms with E-state index in [-0.39, 0.29) is 6.04 Å². The highest BCUT2D eigenvalue weighted by atomic mass is 79.9. The monoisotopic (exact) mass is 407 g/mol. The standard InChI is InChI=1S/C19H22BrNO2S/c1-15-6-5-7-16(14-15)19-8-3-2-4-13-21(19)24(22,23)18-11-9-17(20)10-12-18/h5-7,9-12,14,19H,2-4,8,13H2,1H3/t19-/m1/s1. The third kappa shape index (κ3) is 3.73. The first-order valence-electron chi connectivity index (χ1n) is 8.32. The maximum absolute atomic E-state index is 13.2. The molecule has 1 saturated heterocycles. The second-order valence-electron chi connectivity index (χ2n) is 6.35. The summed E-state index contributed by atoms with van der Waals surface area (Å²) in [5.74, 6) is 0. The second-order valence-corrected chi connectivity index (χ2v) is 9.16. The Hall–Kier alpha value is -1.17. The van der Waals surface area contributed by atoms with Crippen molar-refractivity contribution in [3.63, 3.8) is 0 Å². The minimum absolute atomic E-state index is 0.0824. The van der Waals surface area contributed by atoms with Crippen molar-refractivity contribution in [2.45, 2.75) is 43.5 Å². The lowest BCUT2D eigenvalue weighted by molar-refractivity contribution is 0.329. The predicted octanol–water partition coefficient (Wildman–Crippen LogP) is 5.06. The Morgan fingerprint density at radius 1 is 1.04 bits per heavy atom. The number of nitrogens with zero attached hydrogens (tertiary/aromatic N) is 1. The average Bonchev–Trinajstić information content (AvgIpc) is 2.81. The van der Waals surface area contributed by atoms with Crippen LogP contribution < -0.4 is 0 Å². The topological polar surface area (TPSA) is 37.4 Å². The summed E-state index contributed by atoms with van der Waals surface area (Å²) in [4.78, 5) is 0.366. The van der Waals surface area contributed by atoms with Crippen LogP contribution in [0.25, 0.3) is 0 Å². The third-order valence-corrected chi connectivity index (χ3v) is 7.00. The molecule has 1 atom stereocenters. The Balaban J connectivity index is 2.02. The molecule has 0 radical (unpaired) electrons. The number of aryl methyl sites for hydroxylation is 1. The van der Waals surface area contributed by atoms with E-state index in [1.54, 1.807) is 28.6 Å². The van der Waals surface area contributed by atoms with Gasteiger partial charge in [-0.2, -0.15) is 4.31 Å². The molecule has 128 valence electrons. The highest BCUT2D eigenvalue weighted by molar-refractivity contribution is 9.10. The summed E-state index contributed by atoms with van der Waals surface area (Å²) in [6.45, 7) is 2.63. The van der Waals surface area contributed by atoms with Gasteiger partial charge in [0.05, 0.1) is 10.9 Å². The molecule has 1 aliphatic heterocycles. The normalized spacial score (nSPS) is 19.8. The summed E-state index contributed by atoms with van der Waals surface area (Å²) in [7, 11) is -3.50. The Morgan fingerprint density at radius 2 is 1.79 bits per heavy atom. The highest BCUT2D eigenvalue weighted by Crippen LogP contribution is 2.35. The summed E-state index contributed by atoms with van der Waals surface area (Å²) in [6.07, 6.45) is 3.93. The maximum Gasteiger partial charge on any atom is 0.243 e. The maximum atomic E-state index is 13.2. The minimum atomic E-state index is -3.50. The molecule has 0 unspecified atom stereocenters. The lowest BCUT2D eigenvalue weighted by Gasteiger charge is -2.29. The molecule has 0 saturated carbocycles. The van der Waals surface area contributed by atoms with Crippen molar-refractivity contribution in [3.05, 3.63) is 64.1 Å². The molecule has 0 spiro atoms. The van der Waals surface area contributed by atoms with Gasteiger partial charge in [-0.25, -0.2) is 8.42 Å². The van der Waals surface area contributed by atoms with E-state index in [4.69, 9.17) is 0 Å². The summed E-state index contributed by atoms with van der Waals surface area (Å²) in [5, 5.41) is 0. The van der Waals surface area contributed by atoms with Crippen molar-refractivity contribution in [1.29, 1.82) is 0 Å². The van der Waals surface area contributed by atoms with Gasteiger partial charge in [-0.3, -0.25) is 0 Å². The first-order chi connectivity index (χ1) is 11.5. The fraction of sp³-hybridized carbons (Fsp3) is 0.368. The fourth-order valence-electron chi connectivity index (χ4n) is 3.32. The van der Waals surface area contributed by atoms with Gasteiger partial charge in [-0.05, 0) is 49.6 Å². The van der Waals surface area contributed by atoms with Crippen LogP contribution in [-0.2, 0) is 10.0 Å². The first kappa shape index (κ1) is 17.6. The van der Waals surface area contributed by atoms with Gasteiger partial charge in [0, 0.05) is 11.0 Å². The molecule has 0 aromatic heterocycles. The average molecular weight is 408 g/mol. The number of rotatable bonds is 3. The van der Waals surface area contributed by atoms with Crippen LogP contribution in [0, 0.1) is 6.92 Å². The highest BCUT2D eigenvalue weighted by Gasteiger charge is 2.33. The predicted molar refractivity (Wildman–Crippen MR) is 100 cm³/mol. The fourth-order valence-corrected chi connectivity index (χ4v) is 5.27. The van der Waals surface area contributed by atoms with E-state index >= 15 is 0 Å². The molecule has 2 aromatic rings. The molecular weight excluding hydrogens is 386 g/mol. The SMILES string of the molecule is Cc1cccc([C@H]2CCCCCN2S(=O)(=O)c2ccc(Br)cc2)c1. The van der Waals surface area contributed by atoms with Gasteiger partial charge in [-0.15, -0.1) is 0 Å². The Labute approximate surface area is 152 Å². The summed E-state index contributed by atoms with van der Waals surface area (Å²) >= 11 is 3.37. The molecule has 1 aliphatic rings. The molecule has 3 rings (SSSR count). The summed E-state index contributed by atoms with van der Waals surface area (Å²) < 4.78 is 29.0. The second kappa shape index (κ2) is 7.38. The molecule has 2 aromatic carbocycles. The number of hydrogen-bond acceptors (Lipinski definition) is 2. The molecule has 0 amide bonds. The van der Waals surface area contributed by atoms with Crippen LogP contribution in [0.2, 0.25) is 0 Å². The van der Waals surface area contributed by atoms with Gasteiger partial charge in [0.2, 0.25) is 10.0 Å². The molecule has 0 N–H and O–H groups in total. The molecule has 0 bridgehead atoms. The van der Waals surface area contributed by atoms with Gasteiger partial charge in [0.1, 0.15) is 0 Å². The third-order valence-electron chi connectivity index (χ3n) is 4.55. The van der Waals surface area contributed by atoms with Crippen LogP contribution in [0.3, 0.4) is 0 Å². The van der Waals surface area contributed by atoms with Gasteiger partial charge in [-0.1, -0.05) is 58.6 Å². The zero-order valence-corrected chi connectivity index (χ0v) is 16.2. The van der Waals surface area contributed by atoms with Crippen molar-refractivity contribution >= 4 is 26.0 Å². The molecule has 1 heterocycles. The van der Waals surface area contributed by atoms with Crippen molar-refractivity contribution in [1.82, 2.24) is 4.31 Å². The molecule has 5 heteroatoms. The summed E-state index contributed by atoms with van der Waals surface area (Å²) in [5.41, 5.74) is 2.26. The van der Waals surface area contributed by atoms with Gasteiger partial charge in [0.15, 0.2) is 0 Å². The lowest BCUT2D eigenvalue weighted by atomic mass is 10.0. The van der Waals surface area contributed by atoms with Crippen LogP contribution in [0.4, 0.5) is 0 Å². The zero-order valence-electron chi connectivity index (χ0n) is 13.8.